The van der Waals surface area contributed by atoms with Crippen LogP contribution < -0.4 is 5.73 Å². The number of aliphatic carboxylic acids is 1. The van der Waals surface area contributed by atoms with Crippen LogP contribution >= 0.6 is 0 Å². The molecule has 0 amide bonds. The monoisotopic (exact) mass is 290 g/mol. The van der Waals surface area contributed by atoms with Crippen molar-refractivity contribution in [1.29, 1.82) is 5.26 Å². The number of carboxylic acid groups (broad SMARTS) is 1. The van der Waals surface area contributed by atoms with E-state index in [-0.39, 0.29) is 5.92 Å². The summed E-state index contributed by atoms with van der Waals surface area (Å²) < 4.78 is 0. The second-order valence-electron chi connectivity index (χ2n) is 5.91. The average Bonchev–Trinajstić information content (AvgIpc) is 2.45. The third kappa shape index (κ3) is 3.54. The summed E-state index contributed by atoms with van der Waals surface area (Å²) >= 11 is 0. The van der Waals surface area contributed by atoms with E-state index in [0.29, 0.717) is 5.57 Å². The number of carbonyl (C=O) groups is 1. The third-order valence-electron chi connectivity index (χ3n) is 4.64. The summed E-state index contributed by atoms with van der Waals surface area (Å²) in [6, 6.07) is 2.03. The van der Waals surface area contributed by atoms with Gasteiger partial charge in [0.1, 0.15) is 0 Å². The molecular formula is C17H26N2O2. The van der Waals surface area contributed by atoms with Crippen molar-refractivity contribution >= 4 is 5.97 Å². The van der Waals surface area contributed by atoms with E-state index in [1.54, 1.807) is 6.08 Å². The van der Waals surface area contributed by atoms with E-state index in [1.165, 1.54) is 6.08 Å². The lowest BCUT2D eigenvalue weighted by Crippen LogP contribution is -2.57. The molecule has 1 aliphatic carbocycles. The van der Waals surface area contributed by atoms with Crippen LogP contribution in [-0.2, 0) is 4.79 Å². The topological polar surface area (TPSA) is 87.1 Å². The smallest absolute Gasteiger partial charge is 0.312 e. The molecule has 0 aromatic rings. The van der Waals surface area contributed by atoms with Gasteiger partial charge < -0.3 is 10.8 Å². The highest BCUT2D eigenvalue weighted by atomic mass is 16.4. The largest absolute Gasteiger partial charge is 0.481 e. The highest BCUT2D eigenvalue weighted by Crippen LogP contribution is 2.40. The zero-order valence-electron chi connectivity index (χ0n) is 13.2. The first kappa shape index (κ1) is 17.5. The third-order valence-corrected chi connectivity index (χ3v) is 4.64. The second kappa shape index (κ2) is 7.42. The van der Waals surface area contributed by atoms with Crippen molar-refractivity contribution in [3.8, 4) is 6.07 Å². The molecule has 1 rings (SSSR count). The first-order valence-electron chi connectivity index (χ1n) is 7.74. The predicted octanol–water partition coefficient (Wildman–Crippen LogP) is 3.40. The SMILES string of the molecule is CCCCCC(CC)C1(N)C(C)=CC(C#N)=CC1C(=O)O. The first-order valence-corrected chi connectivity index (χ1v) is 7.74. The fourth-order valence-corrected chi connectivity index (χ4v) is 3.31. The maximum Gasteiger partial charge on any atom is 0.312 e. The Balaban J connectivity index is 3.14. The molecule has 0 saturated heterocycles. The summed E-state index contributed by atoms with van der Waals surface area (Å²) in [6.45, 7) is 6.05. The Morgan fingerprint density at radius 3 is 2.67 bits per heavy atom. The minimum atomic E-state index is -0.952. The van der Waals surface area contributed by atoms with Crippen LogP contribution in [0.4, 0.5) is 0 Å². The van der Waals surface area contributed by atoms with Crippen molar-refractivity contribution in [1.82, 2.24) is 0 Å². The Morgan fingerprint density at radius 2 is 2.19 bits per heavy atom. The Kier molecular flexibility index (Phi) is 6.17. The Morgan fingerprint density at radius 1 is 1.52 bits per heavy atom. The minimum Gasteiger partial charge on any atom is -0.481 e. The van der Waals surface area contributed by atoms with Crippen LogP contribution in [0.25, 0.3) is 0 Å². The Bertz CT molecular complexity index is 488. The number of nitriles is 1. The summed E-state index contributed by atoms with van der Waals surface area (Å²) in [6.07, 6.45) is 8.33. The standard InChI is InChI=1S/C17H26N2O2/c1-4-6-7-8-14(5-2)17(19)12(3)9-13(11-18)10-15(17)16(20)21/h9-10,14-15H,4-8,19H2,1-3H3,(H,20,21). The molecule has 0 aromatic heterocycles. The molecule has 21 heavy (non-hydrogen) atoms. The summed E-state index contributed by atoms with van der Waals surface area (Å²) in [5, 5.41) is 18.6. The molecule has 3 N–H and O–H groups in total. The molecule has 4 nitrogen and oxygen atoms in total. The first-order chi connectivity index (χ1) is 9.91. The van der Waals surface area contributed by atoms with Crippen LogP contribution in [0.15, 0.2) is 23.3 Å². The minimum absolute atomic E-state index is 0.109. The van der Waals surface area contributed by atoms with Gasteiger partial charge in [0.05, 0.1) is 17.5 Å². The van der Waals surface area contributed by atoms with Crippen LogP contribution in [0.2, 0.25) is 0 Å². The fraction of sp³-hybridized carbons (Fsp3) is 0.647. The molecule has 0 spiro atoms. The molecule has 0 aliphatic heterocycles. The van der Waals surface area contributed by atoms with Gasteiger partial charge in [0.15, 0.2) is 0 Å². The lowest BCUT2D eigenvalue weighted by Gasteiger charge is -2.43. The average molecular weight is 290 g/mol. The van der Waals surface area contributed by atoms with E-state index >= 15 is 0 Å². The Labute approximate surface area is 127 Å². The number of unbranched alkanes of at least 4 members (excludes halogenated alkanes) is 2. The molecule has 0 saturated carbocycles. The number of nitrogens with two attached hydrogens (primary N) is 1. The quantitative estimate of drug-likeness (QED) is 0.703. The van der Waals surface area contributed by atoms with E-state index in [0.717, 1.165) is 37.7 Å². The lowest BCUT2D eigenvalue weighted by atomic mass is 9.64. The van der Waals surface area contributed by atoms with Gasteiger partial charge in [0, 0.05) is 5.57 Å². The van der Waals surface area contributed by atoms with Gasteiger partial charge in [-0.3, -0.25) is 4.79 Å². The van der Waals surface area contributed by atoms with E-state index in [2.05, 4.69) is 13.8 Å². The Hall–Kier alpha value is -1.60. The highest BCUT2D eigenvalue weighted by Gasteiger charge is 2.46. The summed E-state index contributed by atoms with van der Waals surface area (Å²) in [7, 11) is 0. The van der Waals surface area contributed by atoms with Crippen LogP contribution in [0.1, 0.15) is 52.9 Å². The lowest BCUT2D eigenvalue weighted by molar-refractivity contribution is -0.142. The predicted molar refractivity (Wildman–Crippen MR) is 83.4 cm³/mol. The van der Waals surface area contributed by atoms with Crippen molar-refractivity contribution in [3.63, 3.8) is 0 Å². The van der Waals surface area contributed by atoms with Crippen LogP contribution in [-0.4, -0.2) is 16.6 Å². The van der Waals surface area contributed by atoms with Crippen LogP contribution in [0.3, 0.4) is 0 Å². The summed E-state index contributed by atoms with van der Waals surface area (Å²) in [4.78, 5) is 11.7. The molecule has 1 aliphatic rings. The van der Waals surface area contributed by atoms with Gasteiger partial charge in [-0.15, -0.1) is 0 Å². The molecule has 0 radical (unpaired) electrons. The van der Waals surface area contributed by atoms with Gasteiger partial charge in [0.2, 0.25) is 0 Å². The number of hydrogen-bond donors (Lipinski definition) is 2. The normalized spacial score (nSPS) is 26.5. The maximum atomic E-state index is 11.7. The van der Waals surface area contributed by atoms with Gasteiger partial charge >= 0.3 is 5.97 Å². The van der Waals surface area contributed by atoms with E-state index in [1.807, 2.05) is 13.0 Å². The molecule has 0 heterocycles. The maximum absolute atomic E-state index is 11.7. The number of carboxylic acids is 1. The molecular weight excluding hydrogens is 264 g/mol. The molecule has 4 heteroatoms. The van der Waals surface area contributed by atoms with E-state index in [4.69, 9.17) is 11.0 Å². The van der Waals surface area contributed by atoms with Crippen molar-refractivity contribution in [2.45, 2.75) is 58.4 Å². The van der Waals surface area contributed by atoms with Crippen molar-refractivity contribution in [2.24, 2.45) is 17.6 Å². The van der Waals surface area contributed by atoms with Crippen LogP contribution in [0, 0.1) is 23.2 Å². The fourth-order valence-electron chi connectivity index (χ4n) is 3.31. The second-order valence-corrected chi connectivity index (χ2v) is 5.91. The number of nitrogens with zero attached hydrogens (tertiary/aromatic N) is 1. The molecule has 0 fully saturated rings. The molecule has 3 unspecified atom stereocenters. The molecule has 0 aromatic carbocycles. The van der Waals surface area contributed by atoms with Gasteiger partial charge in [-0.1, -0.05) is 51.2 Å². The zero-order chi connectivity index (χ0) is 16.0. The van der Waals surface area contributed by atoms with Crippen molar-refractivity contribution < 1.29 is 9.90 Å². The number of rotatable bonds is 7. The van der Waals surface area contributed by atoms with Crippen LogP contribution in [0.5, 0.6) is 0 Å². The zero-order valence-corrected chi connectivity index (χ0v) is 13.2. The van der Waals surface area contributed by atoms with E-state index < -0.39 is 17.4 Å². The van der Waals surface area contributed by atoms with Gasteiger partial charge in [-0.2, -0.15) is 5.26 Å². The summed E-state index contributed by atoms with van der Waals surface area (Å²) in [5.41, 5.74) is 6.90. The van der Waals surface area contributed by atoms with Crippen molar-refractivity contribution in [2.75, 3.05) is 0 Å². The number of allylic oxidation sites excluding steroid dienone is 2. The molecule has 116 valence electrons. The van der Waals surface area contributed by atoms with Gasteiger partial charge in [-0.25, -0.2) is 0 Å². The van der Waals surface area contributed by atoms with Crippen molar-refractivity contribution in [3.05, 3.63) is 23.3 Å². The van der Waals surface area contributed by atoms with E-state index in [9.17, 15) is 9.90 Å². The number of hydrogen-bond acceptors (Lipinski definition) is 3. The highest BCUT2D eigenvalue weighted by molar-refractivity contribution is 5.77. The van der Waals surface area contributed by atoms with Gasteiger partial charge in [0.25, 0.3) is 0 Å². The molecule has 0 bridgehead atoms. The van der Waals surface area contributed by atoms with Gasteiger partial charge in [-0.05, 0) is 25.3 Å². The molecule has 3 atom stereocenters. The summed E-state index contributed by atoms with van der Waals surface area (Å²) in [5.74, 6) is -1.67.